The number of hydrogen-bond acceptors (Lipinski definition) is 3. The third-order valence-corrected chi connectivity index (χ3v) is 4.90. The minimum absolute atomic E-state index is 0.191. The molecule has 5 heteroatoms. The molecule has 1 aliphatic heterocycles. The van der Waals surface area contributed by atoms with Crippen LogP contribution in [0.1, 0.15) is 31.2 Å². The molecular weight excluding hydrogens is 293 g/mol. The Morgan fingerprint density at radius 2 is 1.95 bits per heavy atom. The molecule has 21 heavy (non-hydrogen) atoms. The highest BCUT2D eigenvalue weighted by molar-refractivity contribution is 6.30. The maximum absolute atomic E-state index is 14.0. The second kappa shape index (κ2) is 6.21. The number of benzene rings is 1. The van der Waals surface area contributed by atoms with Crippen molar-refractivity contribution in [1.82, 2.24) is 4.90 Å². The third kappa shape index (κ3) is 3.24. The summed E-state index contributed by atoms with van der Waals surface area (Å²) >= 11 is 5.84. The molecule has 3 rings (SSSR count). The third-order valence-electron chi connectivity index (χ3n) is 4.61. The monoisotopic (exact) mass is 313 g/mol. The maximum atomic E-state index is 14.0. The Kier molecular flexibility index (Phi) is 4.50. The molecular formula is C16H21ClFNO2. The molecule has 116 valence electrons. The molecule has 0 N–H and O–H groups in total. The fourth-order valence-electron chi connectivity index (χ4n) is 3.34. The maximum Gasteiger partial charge on any atom is 0.168 e. The first-order valence-electron chi connectivity index (χ1n) is 7.51. The highest BCUT2D eigenvalue weighted by atomic mass is 35.5. The Hall–Kier alpha value is -0.680. The topological polar surface area (TPSA) is 21.7 Å². The van der Waals surface area contributed by atoms with Crippen molar-refractivity contribution < 1.29 is 13.9 Å². The second-order valence-electron chi connectivity index (χ2n) is 5.97. The standard InChI is InChI=1S/C16H21ClFNO2/c1-19(11-12-3-2-4-14(17)15(12)18)13-5-7-16(8-6-13)20-9-10-21-16/h2-4,13H,5-11H2,1H3. The molecule has 0 radical (unpaired) electrons. The van der Waals surface area contributed by atoms with Gasteiger partial charge in [0.05, 0.1) is 18.2 Å². The van der Waals surface area contributed by atoms with Crippen LogP contribution in [0.5, 0.6) is 0 Å². The molecule has 1 spiro atoms. The summed E-state index contributed by atoms with van der Waals surface area (Å²) in [5.74, 6) is -0.640. The number of rotatable bonds is 3. The Morgan fingerprint density at radius 3 is 2.62 bits per heavy atom. The van der Waals surface area contributed by atoms with Crippen molar-refractivity contribution in [2.24, 2.45) is 0 Å². The summed E-state index contributed by atoms with van der Waals surface area (Å²) in [6.07, 6.45) is 3.86. The Bertz CT molecular complexity index is 495. The molecule has 3 nitrogen and oxygen atoms in total. The molecule has 1 saturated carbocycles. The van der Waals surface area contributed by atoms with Gasteiger partial charge in [-0.1, -0.05) is 23.7 Å². The number of halogens is 2. The van der Waals surface area contributed by atoms with Crippen LogP contribution in [0.15, 0.2) is 18.2 Å². The first kappa shape index (κ1) is 15.2. The predicted molar refractivity (Wildman–Crippen MR) is 79.8 cm³/mol. The van der Waals surface area contributed by atoms with Crippen molar-refractivity contribution in [2.75, 3.05) is 20.3 Å². The zero-order chi connectivity index (χ0) is 14.9. The van der Waals surface area contributed by atoms with E-state index in [1.807, 2.05) is 7.05 Å². The van der Waals surface area contributed by atoms with Crippen LogP contribution in [0.4, 0.5) is 4.39 Å². The van der Waals surface area contributed by atoms with Crippen molar-refractivity contribution >= 4 is 11.6 Å². The molecule has 0 aromatic heterocycles. The van der Waals surface area contributed by atoms with Gasteiger partial charge in [-0.05, 0) is 26.0 Å². The summed E-state index contributed by atoms with van der Waals surface area (Å²) in [6, 6.07) is 5.61. The lowest BCUT2D eigenvalue weighted by Gasteiger charge is -2.39. The lowest BCUT2D eigenvalue weighted by Crippen LogP contribution is -2.42. The predicted octanol–water partition coefficient (Wildman–Crippen LogP) is 3.60. The van der Waals surface area contributed by atoms with Gasteiger partial charge in [0.15, 0.2) is 5.79 Å². The van der Waals surface area contributed by atoms with E-state index >= 15 is 0 Å². The highest BCUT2D eigenvalue weighted by Gasteiger charge is 2.41. The largest absolute Gasteiger partial charge is 0.348 e. The zero-order valence-corrected chi connectivity index (χ0v) is 13.0. The summed E-state index contributed by atoms with van der Waals surface area (Å²) in [7, 11) is 2.04. The number of hydrogen-bond donors (Lipinski definition) is 0. The molecule has 2 fully saturated rings. The quantitative estimate of drug-likeness (QED) is 0.851. The van der Waals surface area contributed by atoms with Gasteiger partial charge in [-0.3, -0.25) is 4.90 Å². The van der Waals surface area contributed by atoms with Crippen molar-refractivity contribution in [3.8, 4) is 0 Å². The van der Waals surface area contributed by atoms with E-state index in [1.54, 1.807) is 18.2 Å². The normalized spacial score (nSPS) is 22.3. The van der Waals surface area contributed by atoms with Gasteiger partial charge in [0.25, 0.3) is 0 Å². The Labute approximate surface area is 130 Å². The SMILES string of the molecule is CN(Cc1cccc(Cl)c1F)C1CCC2(CC1)OCCO2. The molecule has 0 bridgehead atoms. The summed E-state index contributed by atoms with van der Waals surface area (Å²) < 4.78 is 25.5. The van der Waals surface area contributed by atoms with E-state index in [2.05, 4.69) is 4.90 Å². The van der Waals surface area contributed by atoms with Gasteiger partial charge in [-0.15, -0.1) is 0 Å². The molecule has 2 aliphatic rings. The minimum Gasteiger partial charge on any atom is -0.348 e. The van der Waals surface area contributed by atoms with Crippen LogP contribution < -0.4 is 0 Å². The van der Waals surface area contributed by atoms with Gasteiger partial charge in [-0.2, -0.15) is 0 Å². The Balaban J connectivity index is 1.59. The number of nitrogens with zero attached hydrogens (tertiary/aromatic N) is 1. The van der Waals surface area contributed by atoms with E-state index in [0.717, 1.165) is 25.7 Å². The Morgan fingerprint density at radius 1 is 1.29 bits per heavy atom. The molecule has 1 aromatic rings. The van der Waals surface area contributed by atoms with Gasteiger partial charge in [-0.25, -0.2) is 4.39 Å². The molecule has 1 saturated heterocycles. The molecule has 1 aromatic carbocycles. The number of ether oxygens (including phenoxy) is 2. The summed E-state index contributed by atoms with van der Waals surface area (Å²) in [5, 5.41) is 0.191. The van der Waals surface area contributed by atoms with Crippen LogP contribution in [0.25, 0.3) is 0 Å². The van der Waals surface area contributed by atoms with Crippen LogP contribution in [-0.4, -0.2) is 37.0 Å². The van der Waals surface area contributed by atoms with Crippen LogP contribution in [-0.2, 0) is 16.0 Å². The second-order valence-corrected chi connectivity index (χ2v) is 6.37. The van der Waals surface area contributed by atoms with E-state index in [9.17, 15) is 4.39 Å². The van der Waals surface area contributed by atoms with Crippen molar-refractivity contribution in [3.63, 3.8) is 0 Å². The van der Waals surface area contributed by atoms with E-state index < -0.39 is 0 Å². The molecule has 0 atom stereocenters. The van der Waals surface area contributed by atoms with E-state index in [1.165, 1.54) is 0 Å². The van der Waals surface area contributed by atoms with E-state index in [4.69, 9.17) is 21.1 Å². The molecule has 0 amide bonds. The van der Waals surface area contributed by atoms with Gasteiger partial charge in [0, 0.05) is 31.0 Å². The first-order valence-corrected chi connectivity index (χ1v) is 7.88. The smallest absolute Gasteiger partial charge is 0.168 e. The summed E-state index contributed by atoms with van der Waals surface area (Å²) in [4.78, 5) is 2.20. The van der Waals surface area contributed by atoms with E-state index in [0.29, 0.717) is 31.4 Å². The molecule has 1 heterocycles. The van der Waals surface area contributed by atoms with Crippen LogP contribution in [0.2, 0.25) is 5.02 Å². The van der Waals surface area contributed by atoms with E-state index in [-0.39, 0.29) is 16.6 Å². The van der Waals surface area contributed by atoms with Crippen molar-refractivity contribution in [3.05, 3.63) is 34.6 Å². The average molecular weight is 314 g/mol. The van der Waals surface area contributed by atoms with Crippen molar-refractivity contribution in [1.29, 1.82) is 0 Å². The molecule has 1 aliphatic carbocycles. The van der Waals surface area contributed by atoms with Gasteiger partial charge in [0.1, 0.15) is 5.82 Å². The molecule has 0 unspecified atom stereocenters. The lowest BCUT2D eigenvalue weighted by molar-refractivity contribution is -0.183. The van der Waals surface area contributed by atoms with Gasteiger partial charge >= 0.3 is 0 Å². The minimum atomic E-state index is -0.335. The fourth-order valence-corrected chi connectivity index (χ4v) is 3.53. The van der Waals surface area contributed by atoms with Crippen LogP contribution >= 0.6 is 11.6 Å². The fraction of sp³-hybridized carbons (Fsp3) is 0.625. The van der Waals surface area contributed by atoms with Gasteiger partial charge < -0.3 is 9.47 Å². The lowest BCUT2D eigenvalue weighted by atomic mass is 9.89. The van der Waals surface area contributed by atoms with Crippen LogP contribution in [0, 0.1) is 5.82 Å². The van der Waals surface area contributed by atoms with Gasteiger partial charge in [0.2, 0.25) is 0 Å². The van der Waals surface area contributed by atoms with Crippen molar-refractivity contribution in [2.45, 2.75) is 44.1 Å². The zero-order valence-electron chi connectivity index (χ0n) is 12.3. The highest BCUT2D eigenvalue weighted by Crippen LogP contribution is 2.37. The average Bonchev–Trinajstić information content (AvgIpc) is 2.93. The van der Waals surface area contributed by atoms with Crippen LogP contribution in [0.3, 0.4) is 0 Å². The summed E-state index contributed by atoms with van der Waals surface area (Å²) in [6.45, 7) is 1.98. The first-order chi connectivity index (χ1) is 10.1. The summed E-state index contributed by atoms with van der Waals surface area (Å²) in [5.41, 5.74) is 0.652.